The number of rotatable bonds is 12. The summed E-state index contributed by atoms with van der Waals surface area (Å²) in [7, 11) is 0. The monoisotopic (exact) mass is 590 g/mol. The van der Waals surface area contributed by atoms with Gasteiger partial charge in [0, 0.05) is 43.1 Å². The summed E-state index contributed by atoms with van der Waals surface area (Å²) < 4.78 is 11.1. The Labute approximate surface area is 254 Å². The number of non-ortho nitro benzene ring substituents is 1. The zero-order valence-electron chi connectivity index (χ0n) is 24.2. The number of hydrogen-bond donors (Lipinski definition) is 0. The lowest BCUT2D eigenvalue weighted by Gasteiger charge is -2.21. The Bertz CT molecular complexity index is 1700. The average molecular weight is 591 g/mol. The first kappa shape index (κ1) is 31.0. The first-order valence-corrected chi connectivity index (χ1v) is 13.8. The van der Waals surface area contributed by atoms with Gasteiger partial charge in [-0.15, -0.1) is 10.2 Å². The van der Waals surface area contributed by atoms with Crippen LogP contribution in [0, 0.1) is 10.1 Å². The number of carbonyl (C=O) groups excluding carboxylic acids is 2. The molecule has 4 aromatic carbocycles. The molecule has 0 aromatic heterocycles. The minimum Gasteiger partial charge on any atom is -0.421 e. The lowest BCUT2D eigenvalue weighted by Crippen LogP contribution is -2.21. The van der Waals surface area contributed by atoms with Gasteiger partial charge >= 0.3 is 11.9 Å². The molecule has 44 heavy (non-hydrogen) atoms. The second-order valence-electron chi connectivity index (χ2n) is 9.26. The van der Waals surface area contributed by atoms with Crippen molar-refractivity contribution in [2.75, 3.05) is 18.0 Å². The number of azo groups is 1. The first-order chi connectivity index (χ1) is 21.4. The summed E-state index contributed by atoms with van der Waals surface area (Å²) in [5, 5.41) is 19.9. The van der Waals surface area contributed by atoms with Crippen molar-refractivity contribution in [2.24, 2.45) is 10.2 Å². The summed E-state index contributed by atoms with van der Waals surface area (Å²) in [6.07, 6.45) is 5.73. The van der Waals surface area contributed by atoms with Gasteiger partial charge in [-0.05, 0) is 55.3 Å². The van der Waals surface area contributed by atoms with Crippen molar-refractivity contribution < 1.29 is 24.0 Å². The molecule has 222 valence electrons. The second-order valence-corrected chi connectivity index (χ2v) is 9.26. The van der Waals surface area contributed by atoms with Gasteiger partial charge in [-0.2, -0.15) is 0 Å². The van der Waals surface area contributed by atoms with Crippen LogP contribution < -0.4 is 14.4 Å². The highest BCUT2D eigenvalue weighted by Crippen LogP contribution is 2.37. The second kappa shape index (κ2) is 15.4. The Hall–Kier alpha value is -5.90. The number of nitrogens with zero attached hydrogens (tertiary/aromatic N) is 4. The third kappa shape index (κ3) is 8.80. The van der Waals surface area contributed by atoms with E-state index in [1.165, 1.54) is 24.3 Å². The van der Waals surface area contributed by atoms with Crippen LogP contribution in [0.2, 0.25) is 0 Å². The van der Waals surface area contributed by atoms with E-state index in [1.54, 1.807) is 24.3 Å². The summed E-state index contributed by atoms with van der Waals surface area (Å²) >= 11 is 0. The number of benzene rings is 4. The minimum atomic E-state index is -0.755. The number of nitro benzene ring substituents is 1. The van der Waals surface area contributed by atoms with E-state index in [-0.39, 0.29) is 28.6 Å². The van der Waals surface area contributed by atoms with Crippen LogP contribution in [-0.4, -0.2) is 30.0 Å². The molecular formula is C34H30N4O6. The maximum Gasteiger partial charge on any atom is 0.336 e. The van der Waals surface area contributed by atoms with Crippen molar-refractivity contribution in [1.29, 1.82) is 0 Å². The zero-order valence-corrected chi connectivity index (χ0v) is 24.2. The van der Waals surface area contributed by atoms with Gasteiger partial charge in [0.15, 0.2) is 11.5 Å². The summed E-state index contributed by atoms with van der Waals surface area (Å²) in [5.74, 6) is -1.37. The number of nitro groups is 1. The minimum absolute atomic E-state index is 0.0612. The Morgan fingerprint density at radius 3 is 1.68 bits per heavy atom. The third-order valence-corrected chi connectivity index (χ3v) is 6.34. The zero-order chi connectivity index (χ0) is 31.3. The van der Waals surface area contributed by atoms with E-state index < -0.39 is 16.9 Å². The molecule has 0 saturated heterocycles. The molecule has 0 radical (unpaired) electrons. The van der Waals surface area contributed by atoms with Crippen molar-refractivity contribution in [3.05, 3.63) is 130 Å². The highest BCUT2D eigenvalue weighted by atomic mass is 16.6. The fourth-order valence-electron chi connectivity index (χ4n) is 4.08. The van der Waals surface area contributed by atoms with Crippen LogP contribution in [0.4, 0.5) is 22.7 Å². The van der Waals surface area contributed by atoms with Gasteiger partial charge in [-0.3, -0.25) is 10.1 Å². The largest absolute Gasteiger partial charge is 0.421 e. The number of carbonyl (C=O) groups is 2. The highest BCUT2D eigenvalue weighted by molar-refractivity contribution is 5.90. The van der Waals surface area contributed by atoms with Crippen molar-refractivity contribution >= 4 is 46.8 Å². The van der Waals surface area contributed by atoms with Gasteiger partial charge in [-0.1, -0.05) is 60.7 Å². The molecule has 4 rings (SSSR count). The van der Waals surface area contributed by atoms with Crippen LogP contribution in [0.25, 0.3) is 12.2 Å². The van der Waals surface area contributed by atoms with Crippen molar-refractivity contribution in [3.63, 3.8) is 0 Å². The van der Waals surface area contributed by atoms with E-state index in [0.29, 0.717) is 0 Å². The smallest absolute Gasteiger partial charge is 0.336 e. The molecule has 0 aliphatic rings. The van der Waals surface area contributed by atoms with Gasteiger partial charge < -0.3 is 14.4 Å². The average Bonchev–Trinajstić information content (AvgIpc) is 3.04. The van der Waals surface area contributed by atoms with Crippen LogP contribution in [0.1, 0.15) is 25.0 Å². The van der Waals surface area contributed by atoms with Crippen molar-refractivity contribution in [3.8, 4) is 11.5 Å². The molecular weight excluding hydrogens is 560 g/mol. The topological polar surface area (TPSA) is 124 Å². The van der Waals surface area contributed by atoms with Crippen LogP contribution in [0.3, 0.4) is 0 Å². The summed E-state index contributed by atoms with van der Waals surface area (Å²) in [5.41, 5.74) is 2.42. The molecule has 0 fully saturated rings. The van der Waals surface area contributed by atoms with Crippen molar-refractivity contribution in [2.45, 2.75) is 13.8 Å². The maximum absolute atomic E-state index is 12.8. The van der Waals surface area contributed by atoms with Gasteiger partial charge in [0.2, 0.25) is 0 Å². The molecule has 0 spiro atoms. The highest BCUT2D eigenvalue weighted by Gasteiger charge is 2.16. The van der Waals surface area contributed by atoms with Crippen LogP contribution >= 0.6 is 0 Å². The van der Waals surface area contributed by atoms with E-state index in [9.17, 15) is 19.7 Å². The molecule has 0 bridgehead atoms. The van der Waals surface area contributed by atoms with Gasteiger partial charge in [0.25, 0.3) is 5.69 Å². The number of ether oxygens (including phenoxy) is 2. The molecule has 0 amide bonds. The molecule has 0 heterocycles. The Kier molecular flexibility index (Phi) is 10.8. The Morgan fingerprint density at radius 1 is 0.727 bits per heavy atom. The molecule has 4 aromatic rings. The number of anilines is 1. The quantitative estimate of drug-likeness (QED) is 0.0408. The predicted molar refractivity (Wildman–Crippen MR) is 169 cm³/mol. The molecule has 0 atom stereocenters. The molecule has 0 aliphatic carbocycles. The molecule has 0 aliphatic heterocycles. The number of esters is 2. The van der Waals surface area contributed by atoms with E-state index >= 15 is 0 Å². The van der Waals surface area contributed by atoms with Gasteiger partial charge in [-0.25, -0.2) is 9.59 Å². The first-order valence-electron chi connectivity index (χ1n) is 13.8. The Balaban J connectivity index is 1.63. The Morgan fingerprint density at radius 2 is 1.20 bits per heavy atom. The van der Waals surface area contributed by atoms with E-state index in [2.05, 4.69) is 15.1 Å². The van der Waals surface area contributed by atoms with Crippen molar-refractivity contribution in [1.82, 2.24) is 0 Å². The standard InChI is InChI=1S/C34H30N4O6/c1-3-37(4-2)27-17-19-29(31(23-27)43-33(39)21-15-25-11-7-5-8-12-25)35-36-30-20-18-28(38(41)42)24-32(30)44-34(40)22-16-26-13-9-6-10-14-26/h5-24H,3-4H2,1-2H3/b21-15+,22-16+,36-35?. The van der Waals surface area contributed by atoms with Crippen LogP contribution in [0.5, 0.6) is 11.5 Å². The molecule has 10 heteroatoms. The molecule has 0 unspecified atom stereocenters. The van der Waals surface area contributed by atoms with E-state index in [1.807, 2.05) is 80.6 Å². The van der Waals surface area contributed by atoms with Gasteiger partial charge in [0.05, 0.1) is 11.0 Å². The molecule has 0 N–H and O–H groups in total. The van der Waals surface area contributed by atoms with E-state index in [4.69, 9.17) is 9.47 Å². The lowest BCUT2D eigenvalue weighted by atomic mass is 10.2. The summed E-state index contributed by atoms with van der Waals surface area (Å²) in [4.78, 5) is 38.2. The van der Waals surface area contributed by atoms with Gasteiger partial charge in [0.1, 0.15) is 11.4 Å². The normalized spacial score (nSPS) is 11.2. The summed E-state index contributed by atoms with van der Waals surface area (Å²) in [6, 6.07) is 27.3. The maximum atomic E-state index is 12.8. The molecule has 0 saturated carbocycles. The summed E-state index contributed by atoms with van der Waals surface area (Å²) in [6.45, 7) is 5.49. The third-order valence-electron chi connectivity index (χ3n) is 6.34. The fourth-order valence-corrected chi connectivity index (χ4v) is 4.08. The van der Waals surface area contributed by atoms with E-state index in [0.717, 1.165) is 36.0 Å². The SMILES string of the molecule is CCN(CC)c1ccc(N=Nc2ccc([N+](=O)[O-])cc2OC(=O)/C=C/c2ccccc2)c(OC(=O)/C=C/c2ccccc2)c1. The van der Waals surface area contributed by atoms with Crippen LogP contribution in [0.15, 0.2) is 119 Å². The molecule has 10 nitrogen and oxygen atoms in total. The lowest BCUT2D eigenvalue weighted by molar-refractivity contribution is -0.384. The number of hydrogen-bond acceptors (Lipinski definition) is 9. The predicted octanol–water partition coefficient (Wildman–Crippen LogP) is 8.09. The van der Waals surface area contributed by atoms with Crippen LogP contribution in [-0.2, 0) is 9.59 Å². The fraction of sp³-hybridized carbons (Fsp3) is 0.118.